The summed E-state index contributed by atoms with van der Waals surface area (Å²) in [6, 6.07) is 3.76. The second kappa shape index (κ2) is 6.38. The zero-order valence-corrected chi connectivity index (χ0v) is 12.3. The van der Waals surface area contributed by atoms with Gasteiger partial charge >= 0.3 is 6.09 Å². The predicted molar refractivity (Wildman–Crippen MR) is 75.1 cm³/mol. The number of pyridine rings is 1. The molecular weight excluding hydrogens is 328 g/mol. The van der Waals surface area contributed by atoms with Crippen molar-refractivity contribution in [3.8, 4) is 0 Å². The molecule has 7 nitrogen and oxygen atoms in total. The summed E-state index contributed by atoms with van der Waals surface area (Å²) in [5.41, 5.74) is 1.53. The molecule has 2 aromatic rings. The lowest BCUT2D eigenvalue weighted by atomic mass is 10.4. The van der Waals surface area contributed by atoms with Gasteiger partial charge in [-0.3, -0.25) is 4.79 Å². The quantitative estimate of drug-likeness (QED) is 0.871. The number of imidazole rings is 1. The van der Waals surface area contributed by atoms with Gasteiger partial charge in [0.15, 0.2) is 0 Å². The fraction of sp³-hybridized carbons (Fsp3) is 0.250. The van der Waals surface area contributed by atoms with Gasteiger partial charge in [0.25, 0.3) is 0 Å². The van der Waals surface area contributed by atoms with Crippen LogP contribution in [0.25, 0.3) is 5.65 Å². The normalized spacial score (nSPS) is 10.3. The number of hydrogen-bond donors (Lipinski definition) is 2. The molecule has 0 saturated carbocycles. The van der Waals surface area contributed by atoms with E-state index in [0.29, 0.717) is 6.54 Å². The van der Waals surface area contributed by atoms with Crippen LogP contribution in [0.4, 0.5) is 4.79 Å². The number of nitrogens with one attached hydrogen (secondary N) is 2. The molecule has 0 spiro atoms. The van der Waals surface area contributed by atoms with Crippen LogP contribution in [0.2, 0.25) is 0 Å². The highest BCUT2D eigenvalue weighted by Crippen LogP contribution is 2.12. The molecule has 0 radical (unpaired) electrons. The fourth-order valence-electron chi connectivity index (χ4n) is 1.58. The number of carbonyl (C=O) groups excluding carboxylic acids is 2. The summed E-state index contributed by atoms with van der Waals surface area (Å²) >= 11 is 3.37. The molecule has 2 heterocycles. The van der Waals surface area contributed by atoms with Crippen molar-refractivity contribution < 1.29 is 14.3 Å². The molecule has 0 aliphatic carbocycles. The first-order valence-electron chi connectivity index (χ1n) is 5.80. The SMILES string of the molecule is COC(=O)NCC(=O)NCc1cn2cc(Br)ccc2n1. The van der Waals surface area contributed by atoms with Gasteiger partial charge in [-0.1, -0.05) is 0 Å². The van der Waals surface area contributed by atoms with Crippen LogP contribution in [-0.2, 0) is 16.1 Å². The van der Waals surface area contributed by atoms with E-state index in [-0.39, 0.29) is 12.5 Å². The Morgan fingerprint density at radius 3 is 2.90 bits per heavy atom. The van der Waals surface area contributed by atoms with Crippen molar-refractivity contribution in [3.05, 3.63) is 34.7 Å². The molecule has 2 rings (SSSR count). The van der Waals surface area contributed by atoms with Crippen molar-refractivity contribution in [1.29, 1.82) is 0 Å². The zero-order valence-electron chi connectivity index (χ0n) is 10.7. The maximum absolute atomic E-state index is 11.5. The van der Waals surface area contributed by atoms with E-state index in [2.05, 4.69) is 36.3 Å². The standard InChI is InChI=1S/C12H13BrN4O3/c1-20-12(19)15-5-11(18)14-4-9-7-17-6-8(13)2-3-10(17)16-9/h2-3,6-7H,4-5H2,1H3,(H,14,18)(H,15,19). The Hall–Kier alpha value is -2.09. The number of halogens is 1. The highest BCUT2D eigenvalue weighted by atomic mass is 79.9. The molecule has 0 aliphatic rings. The number of fused-ring (bicyclic) bond motifs is 1. The van der Waals surface area contributed by atoms with Gasteiger partial charge in [-0.25, -0.2) is 9.78 Å². The number of hydrogen-bond acceptors (Lipinski definition) is 4. The van der Waals surface area contributed by atoms with Crippen molar-refractivity contribution in [2.75, 3.05) is 13.7 Å². The van der Waals surface area contributed by atoms with Crippen LogP contribution in [0, 0.1) is 0 Å². The van der Waals surface area contributed by atoms with Crippen LogP contribution in [0.5, 0.6) is 0 Å². The largest absolute Gasteiger partial charge is 0.453 e. The number of ether oxygens (including phenoxy) is 1. The Balaban J connectivity index is 1.89. The lowest BCUT2D eigenvalue weighted by Crippen LogP contribution is -2.36. The van der Waals surface area contributed by atoms with E-state index in [9.17, 15) is 9.59 Å². The smallest absolute Gasteiger partial charge is 0.407 e. The zero-order chi connectivity index (χ0) is 14.5. The summed E-state index contributed by atoms with van der Waals surface area (Å²) in [4.78, 5) is 26.6. The van der Waals surface area contributed by atoms with Gasteiger partial charge in [0.2, 0.25) is 5.91 Å². The Morgan fingerprint density at radius 1 is 1.35 bits per heavy atom. The fourth-order valence-corrected chi connectivity index (χ4v) is 1.93. The summed E-state index contributed by atoms with van der Waals surface area (Å²) in [7, 11) is 1.24. The maximum Gasteiger partial charge on any atom is 0.407 e. The summed E-state index contributed by atoms with van der Waals surface area (Å²) in [5.74, 6) is -0.311. The molecule has 0 fully saturated rings. The number of nitrogens with zero attached hydrogens (tertiary/aromatic N) is 2. The predicted octanol–water partition coefficient (Wildman–Crippen LogP) is 1.07. The van der Waals surface area contributed by atoms with Crippen LogP contribution in [-0.4, -0.2) is 35.0 Å². The number of amides is 2. The topological polar surface area (TPSA) is 84.7 Å². The van der Waals surface area contributed by atoms with E-state index in [1.807, 2.05) is 28.9 Å². The van der Waals surface area contributed by atoms with Gasteiger partial charge in [0.1, 0.15) is 12.2 Å². The number of rotatable bonds is 4. The average molecular weight is 341 g/mol. The summed E-state index contributed by atoms with van der Waals surface area (Å²) < 4.78 is 7.17. The number of aromatic nitrogens is 2. The highest BCUT2D eigenvalue weighted by molar-refractivity contribution is 9.10. The van der Waals surface area contributed by atoms with Gasteiger partial charge in [-0.05, 0) is 28.1 Å². The number of alkyl carbamates (subject to hydrolysis) is 1. The molecule has 0 aliphatic heterocycles. The minimum Gasteiger partial charge on any atom is -0.453 e. The van der Waals surface area contributed by atoms with Crippen molar-refractivity contribution in [1.82, 2.24) is 20.0 Å². The minimum atomic E-state index is -0.641. The summed E-state index contributed by atoms with van der Waals surface area (Å²) in [5, 5.41) is 4.95. The lowest BCUT2D eigenvalue weighted by molar-refractivity contribution is -0.120. The van der Waals surface area contributed by atoms with Crippen LogP contribution in [0.15, 0.2) is 29.0 Å². The minimum absolute atomic E-state index is 0.133. The first-order chi connectivity index (χ1) is 9.58. The van der Waals surface area contributed by atoms with E-state index in [1.54, 1.807) is 0 Å². The Morgan fingerprint density at radius 2 is 2.15 bits per heavy atom. The molecule has 0 aromatic carbocycles. The first kappa shape index (κ1) is 14.3. The van der Waals surface area contributed by atoms with Gasteiger partial charge in [0, 0.05) is 16.9 Å². The second-order valence-electron chi connectivity index (χ2n) is 3.97. The monoisotopic (exact) mass is 340 g/mol. The lowest BCUT2D eigenvalue weighted by Gasteiger charge is -2.04. The van der Waals surface area contributed by atoms with Crippen LogP contribution in [0.3, 0.4) is 0 Å². The van der Waals surface area contributed by atoms with Gasteiger partial charge in [-0.15, -0.1) is 0 Å². The van der Waals surface area contributed by atoms with E-state index in [4.69, 9.17) is 0 Å². The van der Waals surface area contributed by atoms with Crippen LogP contribution in [0.1, 0.15) is 5.69 Å². The molecule has 106 valence electrons. The molecule has 2 amide bonds. The van der Waals surface area contributed by atoms with E-state index in [0.717, 1.165) is 15.8 Å². The Labute approximate surface area is 123 Å². The molecule has 2 aromatic heterocycles. The highest BCUT2D eigenvalue weighted by Gasteiger charge is 2.06. The Kier molecular flexibility index (Phi) is 4.57. The van der Waals surface area contributed by atoms with Crippen LogP contribution >= 0.6 is 15.9 Å². The molecule has 0 unspecified atom stereocenters. The van der Waals surface area contributed by atoms with Gasteiger partial charge in [-0.2, -0.15) is 0 Å². The first-order valence-corrected chi connectivity index (χ1v) is 6.59. The number of methoxy groups -OCH3 is 1. The molecule has 20 heavy (non-hydrogen) atoms. The molecule has 0 saturated heterocycles. The van der Waals surface area contributed by atoms with Crippen molar-refractivity contribution in [2.24, 2.45) is 0 Å². The molecule has 0 atom stereocenters. The van der Waals surface area contributed by atoms with Crippen molar-refractivity contribution in [2.45, 2.75) is 6.54 Å². The third kappa shape index (κ3) is 3.70. The summed E-state index contributed by atoms with van der Waals surface area (Å²) in [6.45, 7) is 0.159. The van der Waals surface area contributed by atoms with E-state index < -0.39 is 6.09 Å². The Bertz CT molecular complexity index is 641. The third-order valence-corrected chi connectivity index (χ3v) is 2.98. The van der Waals surface area contributed by atoms with E-state index in [1.165, 1.54) is 7.11 Å². The average Bonchev–Trinajstić information content (AvgIpc) is 2.84. The summed E-state index contributed by atoms with van der Waals surface area (Å²) in [6.07, 6.45) is 3.07. The maximum atomic E-state index is 11.5. The van der Waals surface area contributed by atoms with Crippen molar-refractivity contribution >= 4 is 33.6 Å². The molecule has 8 heteroatoms. The van der Waals surface area contributed by atoms with Gasteiger partial charge in [0.05, 0.1) is 19.3 Å². The molecular formula is C12H13BrN4O3. The van der Waals surface area contributed by atoms with E-state index >= 15 is 0 Å². The van der Waals surface area contributed by atoms with Crippen molar-refractivity contribution in [3.63, 3.8) is 0 Å². The third-order valence-electron chi connectivity index (χ3n) is 2.51. The van der Waals surface area contributed by atoms with Crippen LogP contribution < -0.4 is 10.6 Å². The number of carbonyl (C=O) groups is 2. The van der Waals surface area contributed by atoms with Gasteiger partial charge < -0.3 is 19.8 Å². The molecule has 0 bridgehead atoms. The second-order valence-corrected chi connectivity index (χ2v) is 4.88. The molecule has 2 N–H and O–H groups in total.